The number of aryl methyl sites for hydroxylation is 2. The summed E-state index contributed by atoms with van der Waals surface area (Å²) in [7, 11) is 0. The number of furan rings is 1. The molecule has 3 N–H and O–H groups in total. The summed E-state index contributed by atoms with van der Waals surface area (Å²) in [6.45, 7) is 6.38. The third-order valence-electron chi connectivity index (χ3n) is 5.04. The predicted octanol–water partition coefficient (Wildman–Crippen LogP) is 3.22. The molecular formula is C20H22N4O2. The van der Waals surface area contributed by atoms with Gasteiger partial charge in [-0.3, -0.25) is 0 Å². The van der Waals surface area contributed by atoms with Gasteiger partial charge in [-0.25, -0.2) is 4.98 Å². The lowest BCUT2D eigenvalue weighted by atomic mass is 9.87. The van der Waals surface area contributed by atoms with Crippen LogP contribution in [-0.4, -0.2) is 21.6 Å². The zero-order valence-corrected chi connectivity index (χ0v) is 15.2. The molecular weight excluding hydrogens is 328 g/mol. The number of nitrogens with zero attached hydrogens (tertiary/aromatic N) is 3. The minimum Gasteiger partial charge on any atom is -0.466 e. The van der Waals surface area contributed by atoms with Crippen LogP contribution >= 0.6 is 0 Å². The Balaban J connectivity index is 1.77. The van der Waals surface area contributed by atoms with Crippen molar-refractivity contribution < 1.29 is 9.52 Å². The second-order valence-electron chi connectivity index (χ2n) is 6.92. The molecule has 4 rings (SSSR count). The van der Waals surface area contributed by atoms with E-state index in [1.54, 1.807) is 13.1 Å². The number of rotatable bonds is 3. The van der Waals surface area contributed by atoms with Crippen molar-refractivity contribution in [3.8, 4) is 0 Å². The van der Waals surface area contributed by atoms with Gasteiger partial charge in [-0.1, -0.05) is 12.1 Å². The Morgan fingerprint density at radius 2 is 2.04 bits per heavy atom. The van der Waals surface area contributed by atoms with Crippen LogP contribution in [0.3, 0.4) is 0 Å². The molecule has 1 unspecified atom stereocenters. The number of aromatic nitrogens is 2. The molecule has 6 heteroatoms. The summed E-state index contributed by atoms with van der Waals surface area (Å²) >= 11 is 0. The zero-order chi connectivity index (χ0) is 18.5. The quantitative estimate of drug-likeness (QED) is 0.754. The largest absolute Gasteiger partial charge is 0.466 e. The van der Waals surface area contributed by atoms with E-state index in [1.165, 1.54) is 5.56 Å². The predicted molar refractivity (Wildman–Crippen MR) is 100 cm³/mol. The lowest BCUT2D eigenvalue weighted by molar-refractivity contribution is 0.101. The normalized spacial score (nSPS) is 15.8. The molecule has 1 aliphatic rings. The molecule has 26 heavy (non-hydrogen) atoms. The van der Waals surface area contributed by atoms with Gasteiger partial charge in [0, 0.05) is 24.0 Å². The SMILES string of the molecule is Cc1cc(C(C)(O)c2ccc3c(c2)N(c2ccnc(N)n2)CC3)c(C)o1. The molecule has 0 fully saturated rings. The highest BCUT2D eigenvalue weighted by Crippen LogP contribution is 2.39. The molecule has 1 aliphatic heterocycles. The molecule has 0 spiro atoms. The standard InChI is InChI=1S/C20H22N4O2/c1-12-10-16(13(2)26-12)20(3,25)15-5-4-14-7-9-24(17(14)11-15)18-6-8-22-19(21)23-18/h4-6,8,10-11,25H,7,9H2,1-3H3,(H2,21,22,23). The van der Waals surface area contributed by atoms with E-state index >= 15 is 0 Å². The maximum atomic E-state index is 11.3. The molecule has 0 aliphatic carbocycles. The molecule has 0 bridgehead atoms. The number of fused-ring (bicyclic) bond motifs is 1. The van der Waals surface area contributed by atoms with Crippen molar-refractivity contribution in [2.24, 2.45) is 0 Å². The molecule has 0 saturated heterocycles. The van der Waals surface area contributed by atoms with Crippen LogP contribution in [-0.2, 0) is 12.0 Å². The fourth-order valence-electron chi connectivity index (χ4n) is 3.70. The van der Waals surface area contributed by atoms with Crippen molar-refractivity contribution in [1.82, 2.24) is 9.97 Å². The van der Waals surface area contributed by atoms with Crippen molar-refractivity contribution in [2.45, 2.75) is 32.8 Å². The number of benzene rings is 1. The second kappa shape index (κ2) is 5.85. The Bertz CT molecular complexity index is 978. The van der Waals surface area contributed by atoms with Gasteiger partial charge in [0.2, 0.25) is 5.95 Å². The number of nitrogen functional groups attached to an aromatic ring is 1. The average molecular weight is 350 g/mol. The highest BCUT2D eigenvalue weighted by atomic mass is 16.3. The van der Waals surface area contributed by atoms with Crippen LogP contribution in [0.5, 0.6) is 0 Å². The number of anilines is 3. The van der Waals surface area contributed by atoms with Crippen LogP contribution in [0.1, 0.15) is 35.1 Å². The molecule has 0 amide bonds. The van der Waals surface area contributed by atoms with Gasteiger partial charge in [0.15, 0.2) is 0 Å². The van der Waals surface area contributed by atoms with E-state index in [9.17, 15) is 5.11 Å². The molecule has 2 aromatic heterocycles. The van der Waals surface area contributed by atoms with Crippen LogP contribution < -0.4 is 10.6 Å². The lowest BCUT2D eigenvalue weighted by Crippen LogP contribution is -2.23. The fraction of sp³-hybridized carbons (Fsp3) is 0.300. The summed E-state index contributed by atoms with van der Waals surface area (Å²) < 4.78 is 5.62. The van der Waals surface area contributed by atoms with E-state index in [1.807, 2.05) is 38.1 Å². The maximum absolute atomic E-state index is 11.3. The first-order chi connectivity index (χ1) is 12.4. The number of hydrogen-bond donors (Lipinski definition) is 2. The average Bonchev–Trinajstić information content (AvgIpc) is 3.17. The minimum atomic E-state index is -1.14. The minimum absolute atomic E-state index is 0.253. The van der Waals surface area contributed by atoms with E-state index in [2.05, 4.69) is 20.9 Å². The molecule has 0 radical (unpaired) electrons. The Kier molecular flexibility index (Phi) is 3.73. The van der Waals surface area contributed by atoms with Crippen molar-refractivity contribution in [1.29, 1.82) is 0 Å². The van der Waals surface area contributed by atoms with Crippen molar-refractivity contribution in [3.63, 3.8) is 0 Å². The fourth-order valence-corrected chi connectivity index (χ4v) is 3.70. The van der Waals surface area contributed by atoms with E-state index < -0.39 is 5.60 Å². The van der Waals surface area contributed by atoms with Crippen LogP contribution in [0.15, 0.2) is 40.9 Å². The summed E-state index contributed by atoms with van der Waals surface area (Å²) in [6, 6.07) is 9.83. The molecule has 1 atom stereocenters. The first-order valence-corrected chi connectivity index (χ1v) is 8.65. The highest BCUT2D eigenvalue weighted by molar-refractivity contribution is 5.69. The van der Waals surface area contributed by atoms with Crippen molar-refractivity contribution in [3.05, 3.63) is 64.7 Å². The Morgan fingerprint density at radius 1 is 1.23 bits per heavy atom. The number of aliphatic hydroxyl groups is 1. The van der Waals surface area contributed by atoms with Gasteiger partial charge in [-0.05, 0) is 56.5 Å². The van der Waals surface area contributed by atoms with Gasteiger partial charge in [0.05, 0.1) is 0 Å². The molecule has 3 aromatic rings. The summed E-state index contributed by atoms with van der Waals surface area (Å²) in [5.41, 5.74) is 8.46. The van der Waals surface area contributed by atoms with Crippen LogP contribution in [0.25, 0.3) is 0 Å². The summed E-state index contributed by atoms with van der Waals surface area (Å²) in [4.78, 5) is 10.4. The van der Waals surface area contributed by atoms with Crippen LogP contribution in [0.4, 0.5) is 17.5 Å². The zero-order valence-electron chi connectivity index (χ0n) is 15.2. The second-order valence-corrected chi connectivity index (χ2v) is 6.92. The summed E-state index contributed by atoms with van der Waals surface area (Å²) in [5.74, 6) is 2.54. The van der Waals surface area contributed by atoms with E-state index in [0.717, 1.165) is 47.1 Å². The first kappa shape index (κ1) is 16.6. The summed E-state index contributed by atoms with van der Waals surface area (Å²) in [6.07, 6.45) is 2.58. The van der Waals surface area contributed by atoms with E-state index in [-0.39, 0.29) is 5.95 Å². The van der Waals surface area contributed by atoms with Crippen molar-refractivity contribution in [2.75, 3.05) is 17.2 Å². The van der Waals surface area contributed by atoms with Gasteiger partial charge in [-0.15, -0.1) is 0 Å². The van der Waals surface area contributed by atoms with Crippen LogP contribution in [0, 0.1) is 13.8 Å². The Hall–Kier alpha value is -2.86. The Labute approximate surface area is 152 Å². The van der Waals surface area contributed by atoms with Crippen LogP contribution in [0.2, 0.25) is 0 Å². The topological polar surface area (TPSA) is 88.4 Å². The van der Waals surface area contributed by atoms with Crippen molar-refractivity contribution >= 4 is 17.5 Å². The van der Waals surface area contributed by atoms with Gasteiger partial charge < -0.3 is 20.2 Å². The monoisotopic (exact) mass is 350 g/mol. The van der Waals surface area contributed by atoms with Gasteiger partial charge in [0.1, 0.15) is 22.9 Å². The van der Waals surface area contributed by atoms with Gasteiger partial charge >= 0.3 is 0 Å². The smallest absolute Gasteiger partial charge is 0.221 e. The third-order valence-corrected chi connectivity index (χ3v) is 5.04. The highest BCUT2D eigenvalue weighted by Gasteiger charge is 2.32. The molecule has 3 heterocycles. The van der Waals surface area contributed by atoms with Gasteiger partial charge in [-0.2, -0.15) is 4.98 Å². The summed E-state index contributed by atoms with van der Waals surface area (Å²) in [5, 5.41) is 11.3. The molecule has 1 aromatic carbocycles. The molecule has 134 valence electrons. The third kappa shape index (κ3) is 2.63. The number of nitrogens with two attached hydrogens (primary N) is 1. The maximum Gasteiger partial charge on any atom is 0.221 e. The lowest BCUT2D eigenvalue weighted by Gasteiger charge is -2.26. The molecule has 6 nitrogen and oxygen atoms in total. The first-order valence-electron chi connectivity index (χ1n) is 8.65. The van der Waals surface area contributed by atoms with Gasteiger partial charge in [0.25, 0.3) is 0 Å². The van der Waals surface area contributed by atoms with E-state index in [4.69, 9.17) is 10.2 Å². The van der Waals surface area contributed by atoms with E-state index in [0.29, 0.717) is 0 Å². The Morgan fingerprint density at radius 3 is 2.73 bits per heavy atom. The molecule has 0 saturated carbocycles. The number of hydrogen-bond acceptors (Lipinski definition) is 6.